The second-order valence-electron chi connectivity index (χ2n) is 5.45. The molecule has 3 aromatic rings. The molecule has 128 valence electrons. The van der Waals surface area contributed by atoms with Crippen LogP contribution in [0.2, 0.25) is 5.02 Å². The Hall–Kier alpha value is -3.29. The summed E-state index contributed by atoms with van der Waals surface area (Å²) in [6.45, 7) is 0. The lowest BCUT2D eigenvalue weighted by molar-refractivity contribution is 0.0601. The Balaban J connectivity index is 1.91. The highest BCUT2D eigenvalue weighted by Gasteiger charge is 2.10. The number of rotatable bonds is 4. The van der Waals surface area contributed by atoms with Crippen LogP contribution in [0.4, 0.5) is 0 Å². The third-order valence-electron chi connectivity index (χ3n) is 3.76. The lowest BCUT2D eigenvalue weighted by Crippen LogP contribution is -2.00. The van der Waals surface area contributed by atoms with Gasteiger partial charge in [0.2, 0.25) is 0 Å². The van der Waals surface area contributed by atoms with Gasteiger partial charge in [0.1, 0.15) is 11.5 Å². The summed E-state index contributed by atoms with van der Waals surface area (Å²) < 4.78 is 10.5. The molecule has 0 saturated carbocycles. The molecule has 0 atom stereocenters. The van der Waals surface area contributed by atoms with E-state index in [1.54, 1.807) is 60.7 Å². The first kappa shape index (κ1) is 17.5. The molecule has 0 fully saturated rings. The fourth-order valence-corrected chi connectivity index (χ4v) is 2.58. The van der Waals surface area contributed by atoms with Gasteiger partial charge in [0.05, 0.1) is 24.3 Å². The van der Waals surface area contributed by atoms with Crippen LogP contribution in [0.3, 0.4) is 0 Å². The number of furan rings is 1. The van der Waals surface area contributed by atoms with Crippen molar-refractivity contribution in [2.45, 2.75) is 0 Å². The molecule has 0 aliphatic rings. The topological polar surface area (TPSA) is 63.2 Å². The minimum absolute atomic E-state index is 0.409. The van der Waals surface area contributed by atoms with Crippen LogP contribution in [-0.2, 0) is 4.74 Å². The second kappa shape index (κ2) is 7.73. The van der Waals surface area contributed by atoms with Crippen LogP contribution in [0.1, 0.15) is 21.7 Å². The van der Waals surface area contributed by atoms with Crippen molar-refractivity contribution >= 4 is 29.2 Å². The average Bonchev–Trinajstić information content (AvgIpc) is 3.15. The third-order valence-corrected chi connectivity index (χ3v) is 4.01. The van der Waals surface area contributed by atoms with Crippen LogP contribution >= 0.6 is 11.6 Å². The van der Waals surface area contributed by atoms with Crippen molar-refractivity contribution in [2.75, 3.05) is 7.11 Å². The Labute approximate surface area is 155 Å². The normalized spacial score (nSPS) is 11.0. The monoisotopic (exact) mass is 363 g/mol. The lowest BCUT2D eigenvalue weighted by Gasteiger charge is -2.02. The molecule has 0 amide bonds. The molecule has 1 heterocycles. The fraction of sp³-hybridized carbons (Fsp3) is 0.0476. The van der Waals surface area contributed by atoms with Crippen molar-refractivity contribution in [3.63, 3.8) is 0 Å². The number of ether oxygens (including phenoxy) is 1. The van der Waals surface area contributed by atoms with Gasteiger partial charge in [-0.15, -0.1) is 0 Å². The van der Waals surface area contributed by atoms with E-state index in [9.17, 15) is 10.1 Å². The first-order valence-electron chi connectivity index (χ1n) is 7.77. The van der Waals surface area contributed by atoms with Gasteiger partial charge in [-0.2, -0.15) is 5.26 Å². The first-order valence-corrected chi connectivity index (χ1v) is 8.15. The number of hydrogen-bond acceptors (Lipinski definition) is 4. The number of methoxy groups -OCH3 is 1. The van der Waals surface area contributed by atoms with E-state index >= 15 is 0 Å². The number of carbonyl (C=O) groups excluding carboxylic acids is 1. The van der Waals surface area contributed by atoms with E-state index in [4.69, 9.17) is 20.8 Å². The second-order valence-corrected chi connectivity index (χ2v) is 5.89. The zero-order chi connectivity index (χ0) is 18.5. The number of carbonyl (C=O) groups is 1. The summed E-state index contributed by atoms with van der Waals surface area (Å²) in [6.07, 6.45) is 1.66. The van der Waals surface area contributed by atoms with Crippen molar-refractivity contribution in [1.82, 2.24) is 0 Å². The molecular formula is C21H14ClNO3. The van der Waals surface area contributed by atoms with Crippen LogP contribution in [0.15, 0.2) is 65.1 Å². The van der Waals surface area contributed by atoms with Crippen LogP contribution in [-0.4, -0.2) is 13.1 Å². The predicted octanol–water partition coefficient (Wildman–Crippen LogP) is 5.45. The maximum Gasteiger partial charge on any atom is 0.337 e. The lowest BCUT2D eigenvalue weighted by atomic mass is 10.1. The smallest absolute Gasteiger partial charge is 0.337 e. The number of esters is 1. The van der Waals surface area contributed by atoms with Crippen molar-refractivity contribution in [3.05, 3.63) is 82.6 Å². The molecule has 2 aromatic carbocycles. The summed E-state index contributed by atoms with van der Waals surface area (Å²) in [5, 5.41) is 10.0. The zero-order valence-corrected chi connectivity index (χ0v) is 14.7. The van der Waals surface area contributed by atoms with Gasteiger partial charge in [0.25, 0.3) is 0 Å². The summed E-state index contributed by atoms with van der Waals surface area (Å²) >= 11 is 5.88. The quantitative estimate of drug-likeness (QED) is 0.456. The number of hydrogen-bond donors (Lipinski definition) is 0. The Morgan fingerprint density at radius 2 is 1.88 bits per heavy atom. The Morgan fingerprint density at radius 1 is 1.12 bits per heavy atom. The van der Waals surface area contributed by atoms with E-state index in [0.29, 0.717) is 27.7 Å². The molecule has 0 N–H and O–H groups in total. The van der Waals surface area contributed by atoms with E-state index < -0.39 is 5.97 Å². The molecule has 26 heavy (non-hydrogen) atoms. The van der Waals surface area contributed by atoms with Gasteiger partial charge in [-0.25, -0.2) is 4.79 Å². The molecule has 1 aromatic heterocycles. The molecule has 3 rings (SSSR count). The highest BCUT2D eigenvalue weighted by atomic mass is 35.5. The summed E-state index contributed by atoms with van der Waals surface area (Å²) in [6, 6.07) is 19.7. The molecule has 4 nitrogen and oxygen atoms in total. The molecule has 0 saturated heterocycles. The summed E-state index contributed by atoms with van der Waals surface area (Å²) in [7, 11) is 1.34. The maximum atomic E-state index is 11.7. The molecule has 0 aliphatic heterocycles. The summed E-state index contributed by atoms with van der Waals surface area (Å²) in [5.74, 6) is 0.721. The van der Waals surface area contributed by atoms with Gasteiger partial charge < -0.3 is 9.15 Å². The van der Waals surface area contributed by atoms with Gasteiger partial charge >= 0.3 is 5.97 Å². The largest absolute Gasteiger partial charge is 0.465 e. The summed E-state index contributed by atoms with van der Waals surface area (Å²) in [4.78, 5) is 11.7. The molecule has 0 aliphatic carbocycles. The van der Waals surface area contributed by atoms with Gasteiger partial charge in [0, 0.05) is 10.6 Å². The van der Waals surface area contributed by atoms with Crippen LogP contribution in [0, 0.1) is 11.3 Å². The molecular weight excluding hydrogens is 350 g/mol. The number of nitrogens with zero attached hydrogens (tertiary/aromatic N) is 1. The molecule has 0 bridgehead atoms. The Bertz CT molecular complexity index is 1010. The Morgan fingerprint density at radius 3 is 2.58 bits per heavy atom. The highest BCUT2D eigenvalue weighted by Crippen LogP contribution is 2.26. The summed E-state index contributed by atoms with van der Waals surface area (Å²) in [5.41, 5.74) is 2.41. The number of nitriles is 1. The first-order chi connectivity index (χ1) is 12.6. The van der Waals surface area contributed by atoms with Gasteiger partial charge in [0.15, 0.2) is 0 Å². The molecule has 0 unspecified atom stereocenters. The zero-order valence-electron chi connectivity index (χ0n) is 13.9. The van der Waals surface area contributed by atoms with Crippen molar-refractivity contribution in [2.24, 2.45) is 0 Å². The van der Waals surface area contributed by atoms with Crippen LogP contribution in [0.5, 0.6) is 0 Å². The predicted molar refractivity (Wildman–Crippen MR) is 100 cm³/mol. The van der Waals surface area contributed by atoms with E-state index in [0.717, 1.165) is 11.1 Å². The van der Waals surface area contributed by atoms with E-state index in [1.807, 2.05) is 6.07 Å². The SMILES string of the molecule is COC(=O)c1cccc(-c2ccc(/C=C(/C#N)c3ccc(Cl)cc3)o2)c1. The number of benzene rings is 2. The van der Waals surface area contributed by atoms with Crippen molar-refractivity contribution in [3.8, 4) is 17.4 Å². The van der Waals surface area contributed by atoms with Gasteiger partial charge in [-0.1, -0.05) is 35.9 Å². The molecule has 0 radical (unpaired) electrons. The van der Waals surface area contributed by atoms with Crippen molar-refractivity contribution in [1.29, 1.82) is 5.26 Å². The Kier molecular flexibility index (Phi) is 5.21. The average molecular weight is 364 g/mol. The standard InChI is InChI=1S/C21H14ClNO3/c1-25-21(24)16-4-2-3-15(11-16)20-10-9-19(26-20)12-17(13-23)14-5-7-18(22)8-6-14/h2-12H,1H3/b17-12-. The number of allylic oxidation sites excluding steroid dienone is 1. The third kappa shape index (κ3) is 3.85. The van der Waals surface area contributed by atoms with E-state index in [2.05, 4.69) is 6.07 Å². The minimum Gasteiger partial charge on any atom is -0.465 e. The van der Waals surface area contributed by atoms with Crippen LogP contribution in [0.25, 0.3) is 23.0 Å². The highest BCUT2D eigenvalue weighted by molar-refractivity contribution is 6.30. The van der Waals surface area contributed by atoms with E-state index in [-0.39, 0.29) is 0 Å². The maximum absolute atomic E-state index is 11.7. The molecule has 5 heteroatoms. The number of halogens is 1. The fourth-order valence-electron chi connectivity index (χ4n) is 2.45. The van der Waals surface area contributed by atoms with Gasteiger partial charge in [-0.3, -0.25) is 0 Å². The van der Waals surface area contributed by atoms with E-state index in [1.165, 1.54) is 7.11 Å². The van der Waals surface area contributed by atoms with Crippen LogP contribution < -0.4 is 0 Å². The molecule has 0 spiro atoms. The van der Waals surface area contributed by atoms with Gasteiger partial charge in [-0.05, 0) is 48.0 Å². The van der Waals surface area contributed by atoms with Crippen molar-refractivity contribution < 1.29 is 13.9 Å². The minimum atomic E-state index is -0.409.